The number of amides is 1. The molecular formula is C19H20FNO. The minimum Gasteiger partial charge on any atom is -0.353 e. The summed E-state index contributed by atoms with van der Waals surface area (Å²) < 4.78 is 12.7. The van der Waals surface area contributed by atoms with Crippen LogP contribution in [0, 0.1) is 5.82 Å². The summed E-state index contributed by atoms with van der Waals surface area (Å²) in [5.74, 6) is -0.399. The molecule has 0 bridgehead atoms. The van der Waals surface area contributed by atoms with Crippen molar-refractivity contribution in [2.75, 3.05) is 6.54 Å². The zero-order valence-electron chi connectivity index (χ0n) is 12.5. The first-order chi connectivity index (χ1) is 10.7. The van der Waals surface area contributed by atoms with Gasteiger partial charge < -0.3 is 5.32 Å². The van der Waals surface area contributed by atoms with Crippen molar-refractivity contribution in [2.45, 2.75) is 19.3 Å². The lowest BCUT2D eigenvalue weighted by Gasteiger charge is -2.03. The fourth-order valence-corrected chi connectivity index (χ4v) is 2.12. The van der Waals surface area contributed by atoms with Crippen molar-refractivity contribution in [3.05, 3.63) is 77.6 Å². The van der Waals surface area contributed by atoms with Crippen LogP contribution < -0.4 is 5.32 Å². The summed E-state index contributed by atoms with van der Waals surface area (Å²) in [7, 11) is 0. The number of hydrogen-bond acceptors (Lipinski definition) is 1. The number of aryl methyl sites for hydroxylation is 1. The van der Waals surface area contributed by atoms with Crippen molar-refractivity contribution in [2.24, 2.45) is 0 Å². The highest BCUT2D eigenvalue weighted by Gasteiger charge is 1.96. The van der Waals surface area contributed by atoms with Gasteiger partial charge in [0.25, 0.3) is 0 Å². The highest BCUT2D eigenvalue weighted by atomic mass is 19.1. The Morgan fingerprint density at radius 2 is 1.73 bits per heavy atom. The zero-order chi connectivity index (χ0) is 15.6. The van der Waals surface area contributed by atoms with Crippen molar-refractivity contribution >= 4 is 12.0 Å². The number of unbranched alkanes of at least 4 members (excludes halogenated alkanes) is 1. The lowest BCUT2D eigenvalue weighted by molar-refractivity contribution is -0.116. The molecule has 3 heteroatoms. The van der Waals surface area contributed by atoms with Gasteiger partial charge in [-0.3, -0.25) is 4.79 Å². The van der Waals surface area contributed by atoms with Crippen LogP contribution in [0.4, 0.5) is 4.39 Å². The number of rotatable bonds is 7. The fraction of sp³-hybridized carbons (Fsp3) is 0.211. The maximum absolute atomic E-state index is 12.7. The Kier molecular flexibility index (Phi) is 6.37. The molecule has 0 radical (unpaired) electrons. The van der Waals surface area contributed by atoms with E-state index < -0.39 is 0 Å². The van der Waals surface area contributed by atoms with E-state index >= 15 is 0 Å². The molecule has 0 aliphatic carbocycles. The van der Waals surface area contributed by atoms with Crippen LogP contribution in [-0.4, -0.2) is 12.5 Å². The largest absolute Gasteiger partial charge is 0.353 e. The first kappa shape index (κ1) is 16.0. The normalized spacial score (nSPS) is 10.8. The molecule has 1 N–H and O–H groups in total. The quantitative estimate of drug-likeness (QED) is 0.608. The predicted octanol–water partition coefficient (Wildman–Crippen LogP) is 3.98. The molecule has 0 aliphatic rings. The predicted molar refractivity (Wildman–Crippen MR) is 87.8 cm³/mol. The summed E-state index contributed by atoms with van der Waals surface area (Å²) in [6, 6.07) is 16.3. The molecule has 0 atom stereocenters. The molecule has 0 saturated carbocycles. The molecule has 0 aromatic heterocycles. The Balaban J connectivity index is 1.62. The minimum atomic E-state index is -0.278. The van der Waals surface area contributed by atoms with E-state index in [0.717, 1.165) is 24.8 Å². The van der Waals surface area contributed by atoms with Crippen LogP contribution in [0.2, 0.25) is 0 Å². The molecule has 22 heavy (non-hydrogen) atoms. The fourth-order valence-electron chi connectivity index (χ4n) is 2.12. The second-order valence-corrected chi connectivity index (χ2v) is 5.12. The van der Waals surface area contributed by atoms with E-state index in [1.165, 1.54) is 23.8 Å². The van der Waals surface area contributed by atoms with Gasteiger partial charge in [0.2, 0.25) is 5.91 Å². The van der Waals surface area contributed by atoms with Gasteiger partial charge in [0, 0.05) is 12.6 Å². The van der Waals surface area contributed by atoms with E-state index in [1.807, 2.05) is 18.2 Å². The lowest BCUT2D eigenvalue weighted by atomic mass is 10.1. The van der Waals surface area contributed by atoms with Crippen molar-refractivity contribution in [1.82, 2.24) is 5.32 Å². The van der Waals surface area contributed by atoms with Gasteiger partial charge in [-0.05, 0) is 48.6 Å². The van der Waals surface area contributed by atoms with Crippen LogP contribution in [0.1, 0.15) is 24.0 Å². The standard InChI is InChI=1S/C19H20FNO/c20-18-12-9-17(10-13-18)11-14-19(22)21-15-5-4-8-16-6-2-1-3-7-16/h1-3,6-7,9-14H,4-5,8,15H2,(H,21,22). The van der Waals surface area contributed by atoms with Gasteiger partial charge in [0.05, 0.1) is 0 Å². The maximum atomic E-state index is 12.7. The third-order valence-electron chi connectivity index (χ3n) is 3.33. The van der Waals surface area contributed by atoms with Gasteiger partial charge in [-0.25, -0.2) is 4.39 Å². The van der Waals surface area contributed by atoms with E-state index in [1.54, 1.807) is 18.2 Å². The monoisotopic (exact) mass is 297 g/mol. The van der Waals surface area contributed by atoms with E-state index in [-0.39, 0.29) is 11.7 Å². The molecule has 0 unspecified atom stereocenters. The molecule has 2 aromatic rings. The highest BCUT2D eigenvalue weighted by molar-refractivity contribution is 5.91. The second-order valence-electron chi connectivity index (χ2n) is 5.12. The van der Waals surface area contributed by atoms with Crippen LogP contribution in [0.15, 0.2) is 60.7 Å². The first-order valence-electron chi connectivity index (χ1n) is 7.49. The Morgan fingerprint density at radius 3 is 2.45 bits per heavy atom. The molecule has 0 fully saturated rings. The number of carbonyl (C=O) groups is 1. The molecule has 2 nitrogen and oxygen atoms in total. The number of benzene rings is 2. The van der Waals surface area contributed by atoms with E-state index in [4.69, 9.17) is 0 Å². The van der Waals surface area contributed by atoms with E-state index in [2.05, 4.69) is 17.4 Å². The zero-order valence-corrected chi connectivity index (χ0v) is 12.5. The van der Waals surface area contributed by atoms with Crippen LogP contribution in [0.5, 0.6) is 0 Å². The topological polar surface area (TPSA) is 29.1 Å². The van der Waals surface area contributed by atoms with Gasteiger partial charge in [-0.2, -0.15) is 0 Å². The van der Waals surface area contributed by atoms with Crippen LogP contribution in [0.25, 0.3) is 6.08 Å². The Labute approximate surface area is 130 Å². The van der Waals surface area contributed by atoms with Crippen LogP contribution in [-0.2, 0) is 11.2 Å². The molecule has 2 aromatic carbocycles. The summed E-state index contributed by atoms with van der Waals surface area (Å²) in [6.45, 7) is 0.666. The van der Waals surface area contributed by atoms with Crippen molar-refractivity contribution in [3.63, 3.8) is 0 Å². The maximum Gasteiger partial charge on any atom is 0.243 e. The average molecular weight is 297 g/mol. The summed E-state index contributed by atoms with van der Waals surface area (Å²) >= 11 is 0. The second kappa shape index (κ2) is 8.78. The molecule has 0 spiro atoms. The van der Waals surface area contributed by atoms with Crippen molar-refractivity contribution in [3.8, 4) is 0 Å². The Bertz CT molecular complexity index is 605. The van der Waals surface area contributed by atoms with E-state index in [0.29, 0.717) is 6.54 Å². The van der Waals surface area contributed by atoms with Gasteiger partial charge in [-0.15, -0.1) is 0 Å². The van der Waals surface area contributed by atoms with Crippen molar-refractivity contribution in [1.29, 1.82) is 0 Å². The molecule has 114 valence electrons. The highest BCUT2D eigenvalue weighted by Crippen LogP contribution is 2.05. The molecule has 1 amide bonds. The molecule has 2 rings (SSSR count). The Morgan fingerprint density at radius 1 is 1.00 bits per heavy atom. The molecule has 0 saturated heterocycles. The SMILES string of the molecule is O=C(C=Cc1ccc(F)cc1)NCCCCc1ccccc1. The number of carbonyl (C=O) groups excluding carboxylic acids is 1. The smallest absolute Gasteiger partial charge is 0.243 e. The van der Waals surface area contributed by atoms with Crippen molar-refractivity contribution < 1.29 is 9.18 Å². The van der Waals surface area contributed by atoms with Crippen LogP contribution >= 0.6 is 0 Å². The van der Waals surface area contributed by atoms with Crippen LogP contribution in [0.3, 0.4) is 0 Å². The number of hydrogen-bond donors (Lipinski definition) is 1. The summed E-state index contributed by atoms with van der Waals surface area (Å²) in [5, 5.41) is 2.85. The summed E-state index contributed by atoms with van der Waals surface area (Å²) in [6.07, 6.45) is 6.18. The minimum absolute atomic E-state index is 0.121. The molecule has 0 heterocycles. The van der Waals surface area contributed by atoms with Gasteiger partial charge in [0.15, 0.2) is 0 Å². The lowest BCUT2D eigenvalue weighted by Crippen LogP contribution is -2.22. The van der Waals surface area contributed by atoms with Gasteiger partial charge in [0.1, 0.15) is 5.82 Å². The molecular weight excluding hydrogens is 277 g/mol. The third kappa shape index (κ3) is 5.92. The summed E-state index contributed by atoms with van der Waals surface area (Å²) in [5.41, 5.74) is 2.13. The Hall–Kier alpha value is -2.42. The van der Waals surface area contributed by atoms with Gasteiger partial charge in [-0.1, -0.05) is 42.5 Å². The number of halogens is 1. The van der Waals surface area contributed by atoms with Gasteiger partial charge >= 0.3 is 0 Å². The first-order valence-corrected chi connectivity index (χ1v) is 7.49. The van der Waals surface area contributed by atoms with E-state index in [9.17, 15) is 9.18 Å². The third-order valence-corrected chi connectivity index (χ3v) is 3.33. The summed E-state index contributed by atoms with van der Waals surface area (Å²) in [4.78, 5) is 11.6. The molecule has 0 aliphatic heterocycles. The average Bonchev–Trinajstić information content (AvgIpc) is 2.55. The number of nitrogens with one attached hydrogen (secondary N) is 1.